The van der Waals surface area contributed by atoms with E-state index in [0.717, 1.165) is 24.0 Å². The van der Waals surface area contributed by atoms with Crippen molar-refractivity contribution in [1.82, 2.24) is 4.90 Å². The first kappa shape index (κ1) is 21.9. The number of ether oxygens (including phenoxy) is 1. The van der Waals surface area contributed by atoms with Crippen molar-refractivity contribution in [1.29, 1.82) is 0 Å². The van der Waals surface area contributed by atoms with Gasteiger partial charge in [0.2, 0.25) is 0 Å². The number of halogens is 2. The van der Waals surface area contributed by atoms with Crippen LogP contribution < -0.4 is 4.74 Å². The lowest BCUT2D eigenvalue weighted by Gasteiger charge is -2.30. The highest BCUT2D eigenvalue weighted by Crippen LogP contribution is 2.32. The van der Waals surface area contributed by atoms with Crippen LogP contribution in [0.15, 0.2) is 65.2 Å². The van der Waals surface area contributed by atoms with Gasteiger partial charge in [0.05, 0.1) is 17.7 Å². The van der Waals surface area contributed by atoms with Crippen LogP contribution in [0.4, 0.5) is 8.78 Å². The van der Waals surface area contributed by atoms with Crippen molar-refractivity contribution in [2.75, 3.05) is 19.4 Å². The molecule has 4 nitrogen and oxygen atoms in total. The molecule has 0 saturated heterocycles. The molecule has 0 aromatic heterocycles. The molecule has 2 aromatic carbocycles. The summed E-state index contributed by atoms with van der Waals surface area (Å²) in [6, 6.07) is 10.8. The van der Waals surface area contributed by atoms with Crippen molar-refractivity contribution in [3.63, 3.8) is 0 Å². The lowest BCUT2D eigenvalue weighted by molar-refractivity contribution is -0.132. The fourth-order valence-electron chi connectivity index (χ4n) is 3.24. The Morgan fingerprint density at radius 3 is 2.60 bits per heavy atom. The highest BCUT2D eigenvalue weighted by Gasteiger charge is 2.22. The van der Waals surface area contributed by atoms with Crippen molar-refractivity contribution in [2.24, 2.45) is 0 Å². The number of hydrogen-bond donors (Lipinski definition) is 1. The van der Waals surface area contributed by atoms with E-state index in [1.165, 1.54) is 43.1 Å². The second-order valence-corrected chi connectivity index (χ2v) is 7.93. The summed E-state index contributed by atoms with van der Waals surface area (Å²) >= 11 is 1.48. The molecule has 1 N–H and O–H groups in total. The third kappa shape index (κ3) is 5.63. The fraction of sp³-hybridized carbons (Fsp3) is 0.261. The predicted octanol–water partition coefficient (Wildman–Crippen LogP) is 5.01. The standard InChI is InChI=1S/C23H23F2NO3S/c1-29-21-14-19(25)11-8-17(21)15-26-12-2-5-20(23(27)28)22(26)30-13-3-4-16-6-9-18(24)10-7-16/h2,5-11,14H,3-4,12-13,15H2,1H3,(H,27,28). The minimum absolute atomic E-state index is 0.245. The molecule has 3 rings (SSSR count). The SMILES string of the molecule is COc1cc(F)ccc1CN1CC=CC(C(=O)O)=C1SCCCc1ccc(F)cc1. The van der Waals surface area contributed by atoms with E-state index in [1.807, 2.05) is 11.0 Å². The van der Waals surface area contributed by atoms with E-state index in [2.05, 4.69) is 0 Å². The topological polar surface area (TPSA) is 49.8 Å². The van der Waals surface area contributed by atoms with Crippen molar-refractivity contribution in [2.45, 2.75) is 19.4 Å². The summed E-state index contributed by atoms with van der Waals surface area (Å²) in [7, 11) is 1.48. The maximum Gasteiger partial charge on any atom is 0.338 e. The Kier molecular flexibility index (Phi) is 7.52. The van der Waals surface area contributed by atoms with Crippen LogP contribution in [0.5, 0.6) is 5.75 Å². The first-order valence-corrected chi connectivity index (χ1v) is 10.5. The average Bonchev–Trinajstić information content (AvgIpc) is 2.74. The molecule has 0 bridgehead atoms. The number of hydrogen-bond acceptors (Lipinski definition) is 4. The molecule has 0 atom stereocenters. The first-order valence-electron chi connectivity index (χ1n) is 9.56. The van der Waals surface area contributed by atoms with Crippen LogP contribution in [0, 0.1) is 11.6 Å². The van der Waals surface area contributed by atoms with E-state index in [1.54, 1.807) is 24.3 Å². The van der Waals surface area contributed by atoms with Crippen LogP contribution in [0.2, 0.25) is 0 Å². The Balaban J connectivity index is 1.70. The lowest BCUT2D eigenvalue weighted by Crippen LogP contribution is -2.27. The molecule has 158 valence electrons. The van der Waals surface area contributed by atoms with Gasteiger partial charge in [0, 0.05) is 24.7 Å². The third-order valence-corrected chi connectivity index (χ3v) is 5.97. The van der Waals surface area contributed by atoms with Gasteiger partial charge in [-0.3, -0.25) is 0 Å². The molecule has 2 aromatic rings. The lowest BCUT2D eigenvalue weighted by atomic mass is 10.1. The summed E-state index contributed by atoms with van der Waals surface area (Å²) < 4.78 is 31.8. The van der Waals surface area contributed by atoms with Crippen molar-refractivity contribution in [3.05, 3.63) is 88.0 Å². The highest BCUT2D eigenvalue weighted by molar-refractivity contribution is 8.03. The quantitative estimate of drug-likeness (QED) is 0.566. The first-order chi connectivity index (χ1) is 14.5. The predicted molar refractivity (Wildman–Crippen MR) is 114 cm³/mol. The molecule has 0 amide bonds. The number of thioether (sulfide) groups is 1. The van der Waals surface area contributed by atoms with Crippen LogP contribution in [0.3, 0.4) is 0 Å². The van der Waals surface area contributed by atoms with Crippen LogP contribution >= 0.6 is 11.8 Å². The minimum atomic E-state index is -0.983. The number of benzene rings is 2. The number of carbonyl (C=O) groups is 1. The molecule has 1 heterocycles. The Morgan fingerprint density at radius 2 is 1.90 bits per heavy atom. The van der Waals surface area contributed by atoms with Gasteiger partial charge in [-0.1, -0.05) is 24.3 Å². The van der Waals surface area contributed by atoms with Gasteiger partial charge in [-0.2, -0.15) is 0 Å². The molecule has 1 aliphatic heterocycles. The van der Waals surface area contributed by atoms with E-state index < -0.39 is 5.97 Å². The van der Waals surface area contributed by atoms with Gasteiger partial charge in [0.1, 0.15) is 17.4 Å². The smallest absolute Gasteiger partial charge is 0.338 e. The molecule has 0 saturated carbocycles. The van der Waals surface area contributed by atoms with E-state index in [9.17, 15) is 18.7 Å². The fourth-order valence-corrected chi connectivity index (χ4v) is 4.36. The van der Waals surface area contributed by atoms with Crippen molar-refractivity contribution >= 4 is 17.7 Å². The van der Waals surface area contributed by atoms with E-state index in [-0.39, 0.29) is 17.2 Å². The summed E-state index contributed by atoms with van der Waals surface area (Å²) in [6.07, 6.45) is 5.04. The molecule has 1 aliphatic rings. The van der Waals surface area contributed by atoms with E-state index in [0.29, 0.717) is 29.6 Å². The van der Waals surface area contributed by atoms with Gasteiger partial charge in [0.25, 0.3) is 0 Å². The number of aryl methyl sites for hydroxylation is 1. The summed E-state index contributed by atoms with van der Waals surface area (Å²) in [5.74, 6) is -0.476. The number of carboxylic acids is 1. The minimum Gasteiger partial charge on any atom is -0.496 e. The van der Waals surface area contributed by atoms with E-state index in [4.69, 9.17) is 4.74 Å². The molecule has 30 heavy (non-hydrogen) atoms. The van der Waals surface area contributed by atoms with Crippen LogP contribution in [0.25, 0.3) is 0 Å². The molecular formula is C23H23F2NO3S. The zero-order valence-corrected chi connectivity index (χ0v) is 17.4. The Hall–Kier alpha value is -2.80. The molecule has 0 unspecified atom stereocenters. The molecule has 7 heteroatoms. The van der Waals surface area contributed by atoms with Crippen LogP contribution in [-0.2, 0) is 17.8 Å². The molecule has 0 radical (unpaired) electrons. The molecule has 0 aliphatic carbocycles. The zero-order valence-electron chi connectivity index (χ0n) is 16.6. The molecular weight excluding hydrogens is 408 g/mol. The highest BCUT2D eigenvalue weighted by atomic mass is 32.2. The Bertz CT molecular complexity index is 957. The third-order valence-electron chi connectivity index (χ3n) is 4.73. The van der Waals surface area contributed by atoms with Crippen molar-refractivity contribution in [3.8, 4) is 5.75 Å². The van der Waals surface area contributed by atoms with Gasteiger partial charge in [-0.25, -0.2) is 13.6 Å². The second-order valence-electron chi connectivity index (χ2n) is 6.84. The summed E-state index contributed by atoms with van der Waals surface area (Å²) in [5.41, 5.74) is 2.07. The monoisotopic (exact) mass is 431 g/mol. The number of aliphatic carboxylic acids is 1. The average molecular weight is 432 g/mol. The van der Waals surface area contributed by atoms with Gasteiger partial charge in [-0.15, -0.1) is 11.8 Å². The maximum atomic E-state index is 13.5. The van der Waals surface area contributed by atoms with Crippen molar-refractivity contribution < 1.29 is 23.4 Å². The molecule has 0 spiro atoms. The number of methoxy groups -OCH3 is 1. The van der Waals surface area contributed by atoms with Gasteiger partial charge < -0.3 is 14.7 Å². The maximum absolute atomic E-state index is 13.5. The van der Waals surface area contributed by atoms with Gasteiger partial charge >= 0.3 is 5.97 Å². The zero-order chi connectivity index (χ0) is 21.5. The number of nitrogens with zero attached hydrogens (tertiary/aromatic N) is 1. The largest absolute Gasteiger partial charge is 0.496 e. The second kappa shape index (κ2) is 10.3. The van der Waals surface area contributed by atoms with Crippen LogP contribution in [0.1, 0.15) is 17.5 Å². The summed E-state index contributed by atoms with van der Waals surface area (Å²) in [5, 5.41) is 10.3. The normalized spacial score (nSPS) is 13.6. The van der Waals surface area contributed by atoms with Gasteiger partial charge in [0.15, 0.2) is 0 Å². The van der Waals surface area contributed by atoms with Gasteiger partial charge in [-0.05, 0) is 48.4 Å². The number of carboxylic acid groups (broad SMARTS) is 1. The number of rotatable bonds is 9. The van der Waals surface area contributed by atoms with Crippen LogP contribution in [-0.4, -0.2) is 35.4 Å². The summed E-state index contributed by atoms with van der Waals surface area (Å²) in [6.45, 7) is 0.961. The Morgan fingerprint density at radius 1 is 1.17 bits per heavy atom. The molecule has 0 fully saturated rings. The summed E-state index contributed by atoms with van der Waals surface area (Å²) in [4.78, 5) is 13.7. The van der Waals surface area contributed by atoms with E-state index >= 15 is 0 Å². The Labute approximate surface area is 178 Å².